The van der Waals surface area contributed by atoms with Gasteiger partial charge in [-0.1, -0.05) is 0 Å². The molecule has 0 radical (unpaired) electrons. The van der Waals surface area contributed by atoms with Gasteiger partial charge in [-0.3, -0.25) is 0 Å². The molecular formula is C17H23F2N5O4S. The first kappa shape index (κ1) is 21.6. The van der Waals surface area contributed by atoms with Gasteiger partial charge in [-0.15, -0.1) is 0 Å². The van der Waals surface area contributed by atoms with Crippen LogP contribution in [0.25, 0.3) is 0 Å². The maximum absolute atomic E-state index is 13.7. The van der Waals surface area contributed by atoms with Gasteiger partial charge in [0.25, 0.3) is 5.92 Å². The molecule has 160 valence electrons. The van der Waals surface area contributed by atoms with Crippen LogP contribution in [0.2, 0.25) is 0 Å². The molecule has 2 fully saturated rings. The summed E-state index contributed by atoms with van der Waals surface area (Å²) in [5.74, 6) is -3.11. The van der Waals surface area contributed by atoms with E-state index in [4.69, 9.17) is 4.74 Å². The lowest BCUT2D eigenvalue weighted by molar-refractivity contribution is -0.0406. The number of aliphatic hydroxyl groups is 1. The number of alkyl halides is 2. The van der Waals surface area contributed by atoms with E-state index in [1.165, 1.54) is 17.4 Å². The molecule has 1 aromatic heterocycles. The zero-order valence-electron chi connectivity index (χ0n) is 16.1. The second-order valence-corrected chi connectivity index (χ2v) is 9.79. The molecule has 2 aliphatic rings. The number of ether oxygens (including phenoxy) is 1. The van der Waals surface area contributed by atoms with Crippen LogP contribution in [0.4, 0.5) is 14.7 Å². The number of halogens is 2. The second kappa shape index (κ2) is 7.62. The van der Waals surface area contributed by atoms with E-state index in [2.05, 4.69) is 15.3 Å². The normalized spacial score (nSPS) is 28.1. The Morgan fingerprint density at radius 3 is 2.59 bits per heavy atom. The molecule has 1 saturated carbocycles. The number of piperidine rings is 1. The predicted octanol–water partition coefficient (Wildman–Crippen LogP) is 1.11. The summed E-state index contributed by atoms with van der Waals surface area (Å²) in [6.45, 7) is 1.98. The number of hydrogen-bond donors (Lipinski definition) is 2. The first-order chi connectivity index (χ1) is 13.4. The standard InChI is InChI=1S/C17H23F2N5O4S/c1-16(25)10-17(18,19)7-13(16)28-14-11(8-20)9-21-15(23-14)22-12-3-5-24(6-4-12)29(2,26)27/h9,12-13,25H,3-7,10H2,1-2H3,(H,21,22,23)/t13?,16-/m1/s1. The van der Waals surface area contributed by atoms with Crippen LogP contribution in [-0.2, 0) is 10.0 Å². The van der Waals surface area contributed by atoms with E-state index in [1.54, 1.807) is 0 Å². The maximum atomic E-state index is 13.7. The van der Waals surface area contributed by atoms with E-state index in [9.17, 15) is 27.6 Å². The van der Waals surface area contributed by atoms with Crippen molar-refractivity contribution in [2.24, 2.45) is 0 Å². The second-order valence-electron chi connectivity index (χ2n) is 7.81. The van der Waals surface area contributed by atoms with Gasteiger partial charge in [-0.2, -0.15) is 10.2 Å². The third kappa shape index (κ3) is 5.09. The summed E-state index contributed by atoms with van der Waals surface area (Å²) in [5, 5.41) is 22.5. The average molecular weight is 431 g/mol. The van der Waals surface area contributed by atoms with Gasteiger partial charge in [0.1, 0.15) is 23.3 Å². The predicted molar refractivity (Wildman–Crippen MR) is 99.0 cm³/mol. The number of hydrogen-bond acceptors (Lipinski definition) is 8. The summed E-state index contributed by atoms with van der Waals surface area (Å²) in [7, 11) is -3.24. The van der Waals surface area contributed by atoms with Crippen LogP contribution in [0, 0.1) is 11.3 Å². The molecular weight excluding hydrogens is 408 g/mol. The summed E-state index contributed by atoms with van der Waals surface area (Å²) >= 11 is 0. The lowest BCUT2D eigenvalue weighted by Gasteiger charge is -2.30. The van der Waals surface area contributed by atoms with Crippen LogP contribution in [-0.4, -0.2) is 70.8 Å². The molecule has 0 bridgehead atoms. The van der Waals surface area contributed by atoms with Crippen LogP contribution in [0.1, 0.15) is 38.2 Å². The molecule has 3 rings (SSSR count). The quantitative estimate of drug-likeness (QED) is 0.710. The number of aromatic nitrogens is 2. The van der Waals surface area contributed by atoms with Crippen LogP contribution >= 0.6 is 0 Å². The minimum absolute atomic E-state index is 0.0338. The zero-order valence-corrected chi connectivity index (χ0v) is 16.9. The van der Waals surface area contributed by atoms with Gasteiger partial charge in [0.05, 0.1) is 18.9 Å². The first-order valence-corrected chi connectivity index (χ1v) is 11.0. The van der Waals surface area contributed by atoms with E-state index in [0.29, 0.717) is 25.9 Å². The fourth-order valence-electron chi connectivity index (χ4n) is 3.62. The van der Waals surface area contributed by atoms with Crippen molar-refractivity contribution < 1.29 is 27.0 Å². The van der Waals surface area contributed by atoms with Crippen molar-refractivity contribution >= 4 is 16.0 Å². The first-order valence-electron chi connectivity index (χ1n) is 9.15. The summed E-state index contributed by atoms with van der Waals surface area (Å²) in [5.41, 5.74) is -1.79. The SMILES string of the molecule is C[C@@]1(O)CC(F)(F)CC1Oc1nc(NC2CCN(S(C)(=O)=O)CC2)ncc1C#N. The van der Waals surface area contributed by atoms with Crippen molar-refractivity contribution in [1.29, 1.82) is 5.26 Å². The minimum Gasteiger partial charge on any atom is -0.470 e. The van der Waals surface area contributed by atoms with Crippen molar-refractivity contribution in [1.82, 2.24) is 14.3 Å². The lowest BCUT2D eigenvalue weighted by atomic mass is 10.0. The van der Waals surface area contributed by atoms with Crippen LogP contribution in [0.3, 0.4) is 0 Å². The molecule has 9 nitrogen and oxygen atoms in total. The molecule has 2 heterocycles. The Labute approximate surface area is 167 Å². The molecule has 1 aliphatic heterocycles. The largest absolute Gasteiger partial charge is 0.470 e. The Kier molecular flexibility index (Phi) is 5.68. The number of nitrogens with one attached hydrogen (secondary N) is 1. The molecule has 1 unspecified atom stereocenters. The maximum Gasteiger partial charge on any atom is 0.254 e. The molecule has 2 N–H and O–H groups in total. The lowest BCUT2D eigenvalue weighted by Crippen LogP contribution is -2.42. The highest BCUT2D eigenvalue weighted by Gasteiger charge is 2.54. The number of nitriles is 1. The Morgan fingerprint density at radius 1 is 1.41 bits per heavy atom. The summed E-state index contributed by atoms with van der Waals surface area (Å²) in [6, 6.07) is 1.76. The third-order valence-corrected chi connectivity index (χ3v) is 6.48. The van der Waals surface area contributed by atoms with Crippen LogP contribution in [0.15, 0.2) is 6.20 Å². The monoisotopic (exact) mass is 431 g/mol. The highest BCUT2D eigenvalue weighted by Crippen LogP contribution is 2.43. The van der Waals surface area contributed by atoms with Crippen molar-refractivity contribution in [2.45, 2.75) is 56.3 Å². The molecule has 1 aliphatic carbocycles. The van der Waals surface area contributed by atoms with Gasteiger partial charge in [-0.25, -0.2) is 26.5 Å². The fourth-order valence-corrected chi connectivity index (χ4v) is 4.49. The van der Waals surface area contributed by atoms with Crippen LogP contribution < -0.4 is 10.1 Å². The Hall–Kier alpha value is -2.10. The molecule has 12 heteroatoms. The molecule has 0 spiro atoms. The van der Waals surface area contributed by atoms with E-state index in [1.807, 2.05) is 6.07 Å². The van der Waals surface area contributed by atoms with E-state index >= 15 is 0 Å². The van der Waals surface area contributed by atoms with Crippen molar-refractivity contribution in [2.75, 3.05) is 24.7 Å². The zero-order chi connectivity index (χ0) is 21.4. The minimum atomic E-state index is -3.24. The van der Waals surface area contributed by atoms with Gasteiger partial charge in [0.15, 0.2) is 0 Å². The number of nitrogens with zero attached hydrogens (tertiary/aromatic N) is 4. The molecule has 1 saturated heterocycles. The Morgan fingerprint density at radius 2 is 2.07 bits per heavy atom. The molecule has 1 aromatic rings. The van der Waals surface area contributed by atoms with Gasteiger partial charge in [0, 0.05) is 25.6 Å². The Balaban J connectivity index is 1.71. The number of sulfonamides is 1. The van der Waals surface area contributed by atoms with E-state index < -0.39 is 40.5 Å². The molecule has 0 amide bonds. The van der Waals surface area contributed by atoms with Crippen molar-refractivity contribution in [3.8, 4) is 11.9 Å². The van der Waals surface area contributed by atoms with E-state index in [0.717, 1.165) is 6.26 Å². The third-order valence-electron chi connectivity index (χ3n) is 5.18. The summed E-state index contributed by atoms with van der Waals surface area (Å²) < 4.78 is 57.4. The fraction of sp³-hybridized carbons (Fsp3) is 0.706. The smallest absolute Gasteiger partial charge is 0.254 e. The summed E-state index contributed by atoms with van der Waals surface area (Å²) in [6.07, 6.45) is 0.828. The summed E-state index contributed by atoms with van der Waals surface area (Å²) in [4.78, 5) is 8.17. The average Bonchev–Trinajstić information content (AvgIpc) is 2.81. The van der Waals surface area contributed by atoms with Gasteiger partial charge < -0.3 is 15.2 Å². The highest BCUT2D eigenvalue weighted by molar-refractivity contribution is 7.88. The topological polar surface area (TPSA) is 128 Å². The van der Waals surface area contributed by atoms with Gasteiger partial charge >= 0.3 is 0 Å². The molecule has 29 heavy (non-hydrogen) atoms. The van der Waals surface area contributed by atoms with E-state index in [-0.39, 0.29) is 23.4 Å². The van der Waals surface area contributed by atoms with Crippen molar-refractivity contribution in [3.63, 3.8) is 0 Å². The number of rotatable bonds is 5. The van der Waals surface area contributed by atoms with Gasteiger partial charge in [0.2, 0.25) is 21.9 Å². The Bertz CT molecular complexity index is 911. The molecule has 0 aromatic carbocycles. The van der Waals surface area contributed by atoms with Gasteiger partial charge in [-0.05, 0) is 19.8 Å². The molecule has 2 atom stereocenters. The van der Waals surface area contributed by atoms with Crippen LogP contribution in [0.5, 0.6) is 5.88 Å². The number of anilines is 1. The highest BCUT2D eigenvalue weighted by atomic mass is 32.2. The van der Waals surface area contributed by atoms with Crippen molar-refractivity contribution in [3.05, 3.63) is 11.8 Å².